The first-order valence-electron chi connectivity index (χ1n) is 8.35. The number of ether oxygens (including phenoxy) is 2. The summed E-state index contributed by atoms with van der Waals surface area (Å²) in [7, 11) is 0. The van der Waals surface area contributed by atoms with Crippen molar-refractivity contribution in [2.45, 2.75) is 64.8 Å². The van der Waals surface area contributed by atoms with Gasteiger partial charge in [0, 0.05) is 19.3 Å². The molecule has 0 radical (unpaired) electrons. The van der Waals surface area contributed by atoms with Crippen LogP contribution in [0, 0.1) is 0 Å². The topological polar surface area (TPSA) is 51.7 Å². The van der Waals surface area contributed by atoms with Gasteiger partial charge in [0.25, 0.3) is 0 Å². The molecule has 2 heterocycles. The van der Waals surface area contributed by atoms with Crippen LogP contribution in [0.1, 0.15) is 52.7 Å². The number of piperidine rings is 1. The highest BCUT2D eigenvalue weighted by molar-refractivity contribution is 5.68. The highest BCUT2D eigenvalue weighted by Crippen LogP contribution is 2.31. The first-order chi connectivity index (χ1) is 10.8. The lowest BCUT2D eigenvalue weighted by Gasteiger charge is -2.41. The molecule has 1 fully saturated rings. The van der Waals surface area contributed by atoms with E-state index >= 15 is 0 Å². The van der Waals surface area contributed by atoms with Crippen LogP contribution < -0.4 is 0 Å². The zero-order valence-corrected chi connectivity index (χ0v) is 14.7. The maximum Gasteiger partial charge on any atom is 0.410 e. The number of nitrogens with zero attached hydrogens (tertiary/aromatic N) is 2. The molecule has 1 saturated heterocycles. The molecular formula is C18H28N2O3. The van der Waals surface area contributed by atoms with Crippen LogP contribution in [-0.4, -0.2) is 40.3 Å². The molecule has 5 nitrogen and oxygen atoms in total. The Kier molecular flexibility index (Phi) is 5.63. The summed E-state index contributed by atoms with van der Waals surface area (Å²) in [4.78, 5) is 18.2. The lowest BCUT2D eigenvalue weighted by atomic mass is 9.88. The largest absolute Gasteiger partial charge is 0.444 e. The van der Waals surface area contributed by atoms with Gasteiger partial charge in [0.2, 0.25) is 0 Å². The standard InChI is InChI=1S/C18H28N2O3/c1-5-18(22-14-15-8-6-7-11-19-15)9-12-20(13-10-18)16(21)23-17(2,3)4/h6-8,11H,5,9-10,12-14H2,1-4H3. The Balaban J connectivity index is 1.88. The lowest BCUT2D eigenvalue weighted by molar-refractivity contribution is -0.0963. The second-order valence-electron chi connectivity index (χ2n) is 7.11. The summed E-state index contributed by atoms with van der Waals surface area (Å²) in [6, 6.07) is 5.84. The van der Waals surface area contributed by atoms with Crippen molar-refractivity contribution in [3.8, 4) is 0 Å². The Morgan fingerprint density at radius 2 is 2.00 bits per heavy atom. The molecule has 0 saturated carbocycles. The maximum atomic E-state index is 12.1. The third-order valence-electron chi connectivity index (χ3n) is 4.22. The predicted molar refractivity (Wildman–Crippen MR) is 89.1 cm³/mol. The summed E-state index contributed by atoms with van der Waals surface area (Å²) in [5.41, 5.74) is 0.317. The molecule has 0 bridgehead atoms. The number of carbonyl (C=O) groups is 1. The smallest absolute Gasteiger partial charge is 0.410 e. The average molecular weight is 320 g/mol. The zero-order valence-electron chi connectivity index (χ0n) is 14.7. The van der Waals surface area contributed by atoms with E-state index in [9.17, 15) is 4.79 Å². The summed E-state index contributed by atoms with van der Waals surface area (Å²) >= 11 is 0. The van der Waals surface area contributed by atoms with Gasteiger partial charge in [0.15, 0.2) is 0 Å². The molecule has 0 aromatic carbocycles. The van der Waals surface area contributed by atoms with E-state index in [0.717, 1.165) is 25.0 Å². The number of likely N-dealkylation sites (tertiary alicyclic amines) is 1. The second kappa shape index (κ2) is 7.30. The molecular weight excluding hydrogens is 292 g/mol. The van der Waals surface area contributed by atoms with E-state index in [0.29, 0.717) is 19.7 Å². The van der Waals surface area contributed by atoms with Gasteiger partial charge in [-0.1, -0.05) is 13.0 Å². The summed E-state index contributed by atoms with van der Waals surface area (Å²) < 4.78 is 11.6. The first kappa shape index (κ1) is 17.7. The number of pyridine rings is 1. The molecule has 1 aromatic rings. The van der Waals surface area contributed by atoms with E-state index in [1.165, 1.54) is 0 Å². The molecule has 1 aliphatic rings. The van der Waals surface area contributed by atoms with E-state index in [4.69, 9.17) is 9.47 Å². The fraction of sp³-hybridized carbons (Fsp3) is 0.667. The number of aromatic nitrogens is 1. The van der Waals surface area contributed by atoms with E-state index < -0.39 is 5.60 Å². The number of hydrogen-bond donors (Lipinski definition) is 0. The van der Waals surface area contributed by atoms with Crippen LogP contribution in [0.5, 0.6) is 0 Å². The number of rotatable bonds is 4. The molecule has 1 amide bonds. The third-order valence-corrected chi connectivity index (χ3v) is 4.22. The van der Waals surface area contributed by atoms with Gasteiger partial charge in [-0.2, -0.15) is 0 Å². The van der Waals surface area contributed by atoms with Crippen molar-refractivity contribution in [3.63, 3.8) is 0 Å². The minimum atomic E-state index is -0.453. The van der Waals surface area contributed by atoms with Gasteiger partial charge >= 0.3 is 6.09 Å². The van der Waals surface area contributed by atoms with Crippen LogP contribution in [0.15, 0.2) is 24.4 Å². The minimum Gasteiger partial charge on any atom is -0.444 e. The summed E-state index contributed by atoms with van der Waals surface area (Å²) in [5, 5.41) is 0. The summed E-state index contributed by atoms with van der Waals surface area (Å²) in [5.74, 6) is 0. The van der Waals surface area contributed by atoms with Gasteiger partial charge in [-0.3, -0.25) is 4.98 Å². The highest BCUT2D eigenvalue weighted by atomic mass is 16.6. The Morgan fingerprint density at radius 1 is 1.30 bits per heavy atom. The van der Waals surface area contributed by atoms with Crippen LogP contribution in [0.2, 0.25) is 0 Å². The molecule has 1 aliphatic heterocycles. The van der Waals surface area contributed by atoms with Crippen molar-refractivity contribution in [2.75, 3.05) is 13.1 Å². The van der Waals surface area contributed by atoms with E-state index in [-0.39, 0.29) is 11.7 Å². The highest BCUT2D eigenvalue weighted by Gasteiger charge is 2.36. The van der Waals surface area contributed by atoms with Crippen LogP contribution in [-0.2, 0) is 16.1 Å². The van der Waals surface area contributed by atoms with Crippen molar-refractivity contribution in [1.82, 2.24) is 9.88 Å². The average Bonchev–Trinajstić information content (AvgIpc) is 2.53. The fourth-order valence-corrected chi connectivity index (χ4v) is 2.73. The van der Waals surface area contributed by atoms with E-state index in [1.807, 2.05) is 39.0 Å². The van der Waals surface area contributed by atoms with Crippen molar-refractivity contribution < 1.29 is 14.3 Å². The molecule has 5 heteroatoms. The lowest BCUT2D eigenvalue weighted by Crippen LogP contribution is -2.49. The van der Waals surface area contributed by atoms with Crippen LogP contribution in [0.25, 0.3) is 0 Å². The fourth-order valence-electron chi connectivity index (χ4n) is 2.73. The minimum absolute atomic E-state index is 0.171. The van der Waals surface area contributed by atoms with Crippen molar-refractivity contribution in [1.29, 1.82) is 0 Å². The maximum absolute atomic E-state index is 12.1. The predicted octanol–water partition coefficient (Wildman–Crippen LogP) is 3.78. The molecule has 0 spiro atoms. The van der Waals surface area contributed by atoms with Crippen LogP contribution in [0.4, 0.5) is 4.79 Å². The molecule has 0 atom stereocenters. The van der Waals surface area contributed by atoms with Crippen LogP contribution >= 0.6 is 0 Å². The van der Waals surface area contributed by atoms with Gasteiger partial charge in [-0.05, 0) is 52.2 Å². The van der Waals surface area contributed by atoms with E-state index in [2.05, 4.69) is 11.9 Å². The number of hydrogen-bond acceptors (Lipinski definition) is 4. The molecule has 23 heavy (non-hydrogen) atoms. The van der Waals surface area contributed by atoms with Gasteiger partial charge in [-0.15, -0.1) is 0 Å². The van der Waals surface area contributed by atoms with Crippen molar-refractivity contribution in [2.24, 2.45) is 0 Å². The third kappa shape index (κ3) is 5.20. The Labute approximate surface area is 139 Å². The molecule has 0 unspecified atom stereocenters. The molecule has 128 valence electrons. The zero-order chi connectivity index (χ0) is 16.9. The van der Waals surface area contributed by atoms with Gasteiger partial charge < -0.3 is 14.4 Å². The van der Waals surface area contributed by atoms with Gasteiger partial charge in [0.05, 0.1) is 17.9 Å². The number of carbonyl (C=O) groups excluding carboxylic acids is 1. The first-order valence-corrected chi connectivity index (χ1v) is 8.35. The normalized spacial score (nSPS) is 17.8. The Morgan fingerprint density at radius 3 is 2.52 bits per heavy atom. The molecule has 1 aromatic heterocycles. The van der Waals surface area contributed by atoms with E-state index in [1.54, 1.807) is 11.1 Å². The van der Waals surface area contributed by atoms with Crippen LogP contribution in [0.3, 0.4) is 0 Å². The monoisotopic (exact) mass is 320 g/mol. The Hall–Kier alpha value is -1.62. The summed E-state index contributed by atoms with van der Waals surface area (Å²) in [6.07, 6.45) is 4.14. The van der Waals surface area contributed by atoms with Gasteiger partial charge in [-0.25, -0.2) is 4.79 Å². The van der Waals surface area contributed by atoms with Gasteiger partial charge in [0.1, 0.15) is 5.60 Å². The second-order valence-corrected chi connectivity index (χ2v) is 7.11. The Bertz CT molecular complexity index is 503. The van der Waals surface area contributed by atoms with Crippen molar-refractivity contribution >= 4 is 6.09 Å². The SMILES string of the molecule is CCC1(OCc2ccccn2)CCN(C(=O)OC(C)(C)C)CC1. The van der Waals surface area contributed by atoms with Crippen molar-refractivity contribution in [3.05, 3.63) is 30.1 Å². The number of amides is 1. The molecule has 0 aliphatic carbocycles. The summed E-state index contributed by atoms with van der Waals surface area (Å²) in [6.45, 7) is 9.67. The quantitative estimate of drug-likeness (QED) is 0.847. The molecule has 0 N–H and O–H groups in total. The molecule has 2 rings (SSSR count).